The van der Waals surface area contributed by atoms with Gasteiger partial charge in [-0.25, -0.2) is 4.39 Å². The number of carbonyl (C=O) groups is 1. The van der Waals surface area contributed by atoms with Gasteiger partial charge in [-0.2, -0.15) is 0 Å². The van der Waals surface area contributed by atoms with E-state index in [2.05, 4.69) is 51.7 Å². The van der Waals surface area contributed by atoms with Crippen molar-refractivity contribution in [3.8, 4) is 0 Å². The van der Waals surface area contributed by atoms with Crippen molar-refractivity contribution in [1.29, 1.82) is 0 Å². The second-order valence-electron chi connectivity index (χ2n) is 8.06. The van der Waals surface area contributed by atoms with Crippen molar-refractivity contribution in [1.82, 2.24) is 10.6 Å². The summed E-state index contributed by atoms with van der Waals surface area (Å²) in [6.45, 7) is 6.97. The first-order valence-electron chi connectivity index (χ1n) is 10.8. The van der Waals surface area contributed by atoms with E-state index < -0.39 is 11.8 Å². The van der Waals surface area contributed by atoms with E-state index in [4.69, 9.17) is 5.73 Å². The number of halogens is 2. The van der Waals surface area contributed by atoms with Crippen LogP contribution in [0.25, 0.3) is 0 Å². The molecule has 1 heterocycles. The molecule has 2 aromatic rings. The molecule has 0 spiro atoms. The lowest BCUT2D eigenvalue weighted by molar-refractivity contribution is -0.121. The standard InChI is InChI=1S/C24H32FN5O.HI/c1-3-27-24(28-15-19(23(26)31)14-18-6-8-20(25)9-7-18)29-21-12-13-30(16-21)22-10-4-17(2)5-11-22;/h4-11,19,21H,3,12-16H2,1-2H3,(H2,26,31)(H2,27,28,29);1H. The number of guanidine groups is 1. The number of hydrogen-bond acceptors (Lipinski definition) is 3. The number of benzene rings is 2. The van der Waals surface area contributed by atoms with Crippen LogP contribution in [-0.4, -0.2) is 44.1 Å². The van der Waals surface area contributed by atoms with Gasteiger partial charge < -0.3 is 21.3 Å². The first kappa shape index (κ1) is 25.9. The minimum Gasteiger partial charge on any atom is -0.369 e. The van der Waals surface area contributed by atoms with Crippen LogP contribution in [0.4, 0.5) is 10.1 Å². The largest absolute Gasteiger partial charge is 0.369 e. The molecule has 0 saturated carbocycles. The molecule has 4 N–H and O–H groups in total. The number of nitrogens with zero attached hydrogens (tertiary/aromatic N) is 2. The van der Waals surface area contributed by atoms with E-state index in [-0.39, 0.29) is 42.4 Å². The lowest BCUT2D eigenvalue weighted by atomic mass is 9.99. The third kappa shape index (κ3) is 7.65. The maximum atomic E-state index is 13.1. The van der Waals surface area contributed by atoms with Gasteiger partial charge in [0.05, 0.1) is 12.5 Å². The third-order valence-electron chi connectivity index (χ3n) is 5.54. The summed E-state index contributed by atoms with van der Waals surface area (Å²) in [6, 6.07) is 15.0. The predicted octanol–water partition coefficient (Wildman–Crippen LogP) is 3.23. The number of aryl methyl sites for hydroxylation is 1. The van der Waals surface area contributed by atoms with E-state index in [1.54, 1.807) is 12.1 Å². The molecule has 174 valence electrons. The minimum atomic E-state index is -0.450. The summed E-state index contributed by atoms with van der Waals surface area (Å²) in [5.74, 6) is -0.472. The molecule has 6 nitrogen and oxygen atoms in total. The molecular weight excluding hydrogens is 520 g/mol. The zero-order valence-electron chi connectivity index (χ0n) is 18.7. The smallest absolute Gasteiger partial charge is 0.222 e. The number of nitrogens with one attached hydrogen (secondary N) is 2. The minimum absolute atomic E-state index is 0. The Morgan fingerprint density at radius 1 is 1.22 bits per heavy atom. The summed E-state index contributed by atoms with van der Waals surface area (Å²) in [7, 11) is 0. The van der Waals surface area contributed by atoms with Crippen LogP contribution in [0.1, 0.15) is 24.5 Å². The average Bonchev–Trinajstić information content (AvgIpc) is 3.21. The van der Waals surface area contributed by atoms with Crippen molar-refractivity contribution < 1.29 is 9.18 Å². The van der Waals surface area contributed by atoms with Gasteiger partial charge in [0.2, 0.25) is 5.91 Å². The van der Waals surface area contributed by atoms with Gasteiger partial charge in [0.1, 0.15) is 5.82 Å². The maximum Gasteiger partial charge on any atom is 0.222 e. The van der Waals surface area contributed by atoms with E-state index in [0.29, 0.717) is 12.4 Å². The highest BCUT2D eigenvalue weighted by molar-refractivity contribution is 14.0. The van der Waals surface area contributed by atoms with Crippen LogP contribution in [0, 0.1) is 18.7 Å². The number of nitrogens with two attached hydrogens (primary N) is 1. The van der Waals surface area contributed by atoms with Crippen LogP contribution < -0.4 is 21.3 Å². The maximum absolute atomic E-state index is 13.1. The summed E-state index contributed by atoms with van der Waals surface area (Å²) in [6.07, 6.45) is 1.44. The van der Waals surface area contributed by atoms with E-state index in [9.17, 15) is 9.18 Å². The molecule has 2 unspecified atom stereocenters. The van der Waals surface area contributed by atoms with Gasteiger partial charge in [0.25, 0.3) is 0 Å². The predicted molar refractivity (Wildman–Crippen MR) is 139 cm³/mol. The monoisotopic (exact) mass is 553 g/mol. The van der Waals surface area contributed by atoms with Crippen LogP contribution in [0.15, 0.2) is 53.5 Å². The molecule has 0 bridgehead atoms. The molecule has 2 aromatic carbocycles. The molecule has 8 heteroatoms. The molecule has 0 radical (unpaired) electrons. The van der Waals surface area contributed by atoms with Gasteiger partial charge in [0.15, 0.2) is 5.96 Å². The quantitative estimate of drug-likeness (QED) is 0.267. The summed E-state index contributed by atoms with van der Waals surface area (Å²) in [4.78, 5) is 18.9. The Bertz CT molecular complexity index is 888. The highest BCUT2D eigenvalue weighted by atomic mass is 127. The second-order valence-corrected chi connectivity index (χ2v) is 8.06. The molecule has 32 heavy (non-hydrogen) atoms. The summed E-state index contributed by atoms with van der Waals surface area (Å²) in [5.41, 5.74) is 8.95. The molecular formula is C24H33FIN5O. The number of rotatable bonds is 8. The Morgan fingerprint density at radius 3 is 2.53 bits per heavy atom. The molecule has 1 saturated heterocycles. The van der Waals surface area contributed by atoms with Gasteiger partial charge in [-0.1, -0.05) is 29.8 Å². The molecule has 3 rings (SSSR count). The van der Waals surface area contributed by atoms with Crippen molar-refractivity contribution in [3.63, 3.8) is 0 Å². The first-order valence-corrected chi connectivity index (χ1v) is 10.8. The zero-order valence-corrected chi connectivity index (χ0v) is 21.0. The fraction of sp³-hybridized carbons (Fsp3) is 0.417. The van der Waals surface area contributed by atoms with Crippen LogP contribution in [0.3, 0.4) is 0 Å². The lowest BCUT2D eigenvalue weighted by Gasteiger charge is -2.21. The average molecular weight is 553 g/mol. The van der Waals surface area contributed by atoms with Crippen molar-refractivity contribution >= 4 is 41.5 Å². The highest BCUT2D eigenvalue weighted by Crippen LogP contribution is 2.20. The molecule has 0 aromatic heterocycles. The lowest BCUT2D eigenvalue weighted by Crippen LogP contribution is -2.45. The topological polar surface area (TPSA) is 82.7 Å². The third-order valence-corrected chi connectivity index (χ3v) is 5.54. The number of aliphatic imine (C=N–C) groups is 1. The molecule has 1 amide bonds. The van der Waals surface area contributed by atoms with Crippen molar-refractivity contribution in [2.24, 2.45) is 16.6 Å². The fourth-order valence-electron chi connectivity index (χ4n) is 3.74. The Hall–Kier alpha value is -2.36. The van der Waals surface area contributed by atoms with Crippen molar-refractivity contribution in [2.45, 2.75) is 32.7 Å². The Kier molecular flexibility index (Phi) is 10.2. The van der Waals surface area contributed by atoms with Gasteiger partial charge in [-0.05, 0) is 56.5 Å². The van der Waals surface area contributed by atoms with Crippen LogP contribution in [0.2, 0.25) is 0 Å². The van der Waals surface area contributed by atoms with E-state index in [1.807, 2.05) is 6.92 Å². The molecule has 1 fully saturated rings. The number of carbonyl (C=O) groups excluding carboxylic acids is 1. The Labute approximate surface area is 206 Å². The van der Waals surface area contributed by atoms with Gasteiger partial charge in [-0.3, -0.25) is 9.79 Å². The van der Waals surface area contributed by atoms with Gasteiger partial charge in [0, 0.05) is 31.4 Å². The van der Waals surface area contributed by atoms with Crippen LogP contribution in [0.5, 0.6) is 0 Å². The highest BCUT2D eigenvalue weighted by Gasteiger charge is 2.24. The number of primary amides is 1. The van der Waals surface area contributed by atoms with Crippen molar-refractivity contribution in [2.75, 3.05) is 31.1 Å². The first-order chi connectivity index (χ1) is 14.9. The van der Waals surface area contributed by atoms with Crippen LogP contribution >= 0.6 is 24.0 Å². The second kappa shape index (κ2) is 12.6. The number of hydrogen-bond donors (Lipinski definition) is 3. The molecule has 1 aliphatic heterocycles. The van der Waals surface area contributed by atoms with Crippen LogP contribution in [-0.2, 0) is 11.2 Å². The Balaban J connectivity index is 0.00000363. The van der Waals surface area contributed by atoms with Crippen molar-refractivity contribution in [3.05, 3.63) is 65.5 Å². The van der Waals surface area contributed by atoms with E-state index in [1.165, 1.54) is 23.4 Å². The van der Waals surface area contributed by atoms with E-state index in [0.717, 1.165) is 31.6 Å². The Morgan fingerprint density at radius 2 is 1.91 bits per heavy atom. The fourth-order valence-corrected chi connectivity index (χ4v) is 3.74. The number of anilines is 1. The summed E-state index contributed by atoms with van der Waals surface area (Å²) < 4.78 is 13.1. The zero-order chi connectivity index (χ0) is 22.2. The summed E-state index contributed by atoms with van der Waals surface area (Å²) in [5, 5.41) is 6.74. The summed E-state index contributed by atoms with van der Waals surface area (Å²) >= 11 is 0. The SMILES string of the molecule is CCNC(=NCC(Cc1ccc(F)cc1)C(N)=O)NC1CCN(c2ccc(C)cc2)C1.I. The van der Waals surface area contributed by atoms with Gasteiger partial charge in [-0.15, -0.1) is 24.0 Å². The van der Waals surface area contributed by atoms with Gasteiger partial charge >= 0.3 is 0 Å². The molecule has 0 aliphatic carbocycles. The normalized spacial score (nSPS) is 16.9. The molecule has 2 atom stereocenters. The number of amides is 1. The molecule has 1 aliphatic rings. The van der Waals surface area contributed by atoms with E-state index >= 15 is 0 Å².